The van der Waals surface area contributed by atoms with Crippen molar-refractivity contribution < 1.29 is 26.7 Å². The van der Waals surface area contributed by atoms with Gasteiger partial charge >= 0.3 is 6.18 Å². The van der Waals surface area contributed by atoms with Crippen molar-refractivity contribution >= 4 is 10.0 Å². The Balaban J connectivity index is 4.45. The number of hydrogen-bond acceptors (Lipinski definition) is 4. The Morgan fingerprint density at radius 3 is 2.32 bits per heavy atom. The first-order valence-electron chi connectivity index (χ1n) is 5.97. The number of hydrogen-bond donors (Lipinski definition) is 2. The molecule has 0 atom stereocenters. The van der Waals surface area contributed by atoms with Gasteiger partial charge in [0.1, 0.15) is 6.54 Å². The lowest BCUT2D eigenvalue weighted by atomic mass is 10.4. The summed E-state index contributed by atoms with van der Waals surface area (Å²) in [5, 5.41) is 11.6. The molecule has 0 heterocycles. The van der Waals surface area contributed by atoms with Crippen LogP contribution in [0.3, 0.4) is 0 Å². The summed E-state index contributed by atoms with van der Waals surface area (Å²) in [6.07, 6.45) is -4.39. The van der Waals surface area contributed by atoms with Gasteiger partial charge < -0.3 is 10.4 Å². The molecule has 19 heavy (non-hydrogen) atoms. The van der Waals surface area contributed by atoms with E-state index in [2.05, 4.69) is 5.32 Å². The molecule has 0 saturated heterocycles. The number of halogens is 3. The highest BCUT2D eigenvalue weighted by atomic mass is 32.2. The highest BCUT2D eigenvalue weighted by Crippen LogP contribution is 2.18. The van der Waals surface area contributed by atoms with Gasteiger partial charge in [-0.05, 0) is 13.0 Å². The van der Waals surface area contributed by atoms with Crippen molar-refractivity contribution in [2.75, 3.05) is 32.0 Å². The second-order valence-electron chi connectivity index (χ2n) is 4.45. The van der Waals surface area contributed by atoms with E-state index in [-0.39, 0.29) is 22.5 Å². The third-order valence-electron chi connectivity index (χ3n) is 2.23. The topological polar surface area (TPSA) is 69.6 Å². The van der Waals surface area contributed by atoms with Crippen LogP contribution in [0.25, 0.3) is 0 Å². The fourth-order valence-corrected chi connectivity index (χ4v) is 2.87. The minimum atomic E-state index is -4.61. The quantitative estimate of drug-likeness (QED) is 0.611. The summed E-state index contributed by atoms with van der Waals surface area (Å²) in [6, 6.07) is 0.187. The number of rotatable bonds is 9. The zero-order valence-corrected chi connectivity index (χ0v) is 11.9. The van der Waals surface area contributed by atoms with Gasteiger partial charge in [0.25, 0.3) is 0 Å². The molecule has 0 aromatic rings. The van der Waals surface area contributed by atoms with Crippen LogP contribution in [0.4, 0.5) is 13.2 Å². The van der Waals surface area contributed by atoms with Crippen molar-refractivity contribution in [2.45, 2.75) is 32.5 Å². The average Bonchev–Trinajstić information content (AvgIpc) is 2.22. The van der Waals surface area contributed by atoms with E-state index in [1.165, 1.54) is 0 Å². The van der Waals surface area contributed by atoms with Crippen molar-refractivity contribution in [1.29, 1.82) is 0 Å². The second-order valence-corrected chi connectivity index (χ2v) is 6.54. The molecule has 0 fully saturated rings. The monoisotopic (exact) mass is 306 g/mol. The van der Waals surface area contributed by atoms with Crippen LogP contribution in [-0.2, 0) is 10.0 Å². The Morgan fingerprint density at radius 2 is 1.89 bits per heavy atom. The molecule has 0 aliphatic heterocycles. The summed E-state index contributed by atoms with van der Waals surface area (Å²) >= 11 is 0. The Labute approximate surface area is 111 Å². The second kappa shape index (κ2) is 8.03. The number of sulfonamides is 1. The van der Waals surface area contributed by atoms with Crippen molar-refractivity contribution in [1.82, 2.24) is 9.62 Å². The number of alkyl halides is 3. The highest BCUT2D eigenvalue weighted by Gasteiger charge is 2.35. The fraction of sp³-hybridized carbons (Fsp3) is 1.00. The minimum absolute atomic E-state index is 0.187. The van der Waals surface area contributed by atoms with Gasteiger partial charge in [-0.1, -0.05) is 13.8 Å². The van der Waals surface area contributed by atoms with Gasteiger partial charge in [-0.25, -0.2) is 8.42 Å². The van der Waals surface area contributed by atoms with Gasteiger partial charge in [0.05, 0.1) is 12.4 Å². The SMILES string of the molecule is CC(C)NCCCS(=O)(=O)N(CCO)CC(F)(F)F. The van der Waals surface area contributed by atoms with E-state index >= 15 is 0 Å². The zero-order chi connectivity index (χ0) is 15.1. The summed E-state index contributed by atoms with van der Waals surface area (Å²) < 4.78 is 60.5. The molecular formula is C10H21F3N2O3S. The van der Waals surface area contributed by atoms with E-state index in [1.54, 1.807) is 0 Å². The minimum Gasteiger partial charge on any atom is -0.395 e. The van der Waals surface area contributed by atoms with Crippen LogP contribution in [0.1, 0.15) is 20.3 Å². The molecule has 0 rings (SSSR count). The van der Waals surface area contributed by atoms with Gasteiger partial charge in [-0.2, -0.15) is 17.5 Å². The lowest BCUT2D eigenvalue weighted by Crippen LogP contribution is -2.42. The predicted octanol–water partition coefficient (Wildman–Crippen LogP) is 0.561. The Bertz CT molecular complexity index is 344. The molecule has 0 aliphatic rings. The normalized spacial score (nSPS) is 13.5. The molecule has 0 radical (unpaired) electrons. The lowest BCUT2D eigenvalue weighted by Gasteiger charge is -2.22. The van der Waals surface area contributed by atoms with Crippen molar-refractivity contribution in [3.8, 4) is 0 Å². The standard InChI is InChI=1S/C10H21F3N2O3S/c1-9(2)14-4-3-7-19(17,18)15(5-6-16)8-10(11,12)13/h9,14,16H,3-8H2,1-2H3. The molecule has 5 nitrogen and oxygen atoms in total. The molecule has 0 bridgehead atoms. The molecule has 0 unspecified atom stereocenters. The molecular weight excluding hydrogens is 285 g/mol. The maximum absolute atomic E-state index is 12.3. The summed E-state index contributed by atoms with van der Waals surface area (Å²) in [5.41, 5.74) is 0. The van der Waals surface area contributed by atoms with Gasteiger partial charge in [-0.15, -0.1) is 0 Å². The van der Waals surface area contributed by atoms with Crippen molar-refractivity contribution in [3.63, 3.8) is 0 Å². The summed E-state index contributed by atoms with van der Waals surface area (Å²) in [5.74, 6) is -0.372. The molecule has 0 spiro atoms. The van der Waals surface area contributed by atoms with Gasteiger partial charge in [0.2, 0.25) is 10.0 Å². The van der Waals surface area contributed by atoms with Crippen LogP contribution in [0.5, 0.6) is 0 Å². The van der Waals surface area contributed by atoms with Crippen LogP contribution in [0.15, 0.2) is 0 Å². The van der Waals surface area contributed by atoms with Crippen LogP contribution < -0.4 is 5.32 Å². The third kappa shape index (κ3) is 9.20. The fourth-order valence-electron chi connectivity index (χ4n) is 1.40. The van der Waals surface area contributed by atoms with E-state index in [9.17, 15) is 21.6 Å². The largest absolute Gasteiger partial charge is 0.402 e. The number of aliphatic hydroxyl groups is 1. The smallest absolute Gasteiger partial charge is 0.395 e. The zero-order valence-electron chi connectivity index (χ0n) is 11.1. The summed E-state index contributed by atoms with van der Waals surface area (Å²) in [6.45, 7) is 1.44. The van der Waals surface area contributed by atoms with Crippen LogP contribution in [0.2, 0.25) is 0 Å². The van der Waals surface area contributed by atoms with Gasteiger partial charge in [0.15, 0.2) is 0 Å². The van der Waals surface area contributed by atoms with E-state index in [0.717, 1.165) is 0 Å². The molecule has 0 aromatic carbocycles. The molecule has 0 amide bonds. The lowest BCUT2D eigenvalue weighted by molar-refractivity contribution is -0.136. The maximum Gasteiger partial charge on any atom is 0.402 e. The number of aliphatic hydroxyl groups excluding tert-OH is 1. The first-order valence-corrected chi connectivity index (χ1v) is 7.58. The van der Waals surface area contributed by atoms with E-state index in [4.69, 9.17) is 5.11 Å². The van der Waals surface area contributed by atoms with E-state index < -0.39 is 35.9 Å². The summed E-state index contributed by atoms with van der Waals surface area (Å²) in [4.78, 5) is 0. The molecule has 2 N–H and O–H groups in total. The van der Waals surface area contributed by atoms with Crippen molar-refractivity contribution in [3.05, 3.63) is 0 Å². The number of nitrogens with zero attached hydrogens (tertiary/aromatic N) is 1. The summed E-state index contributed by atoms with van der Waals surface area (Å²) in [7, 11) is -4.00. The van der Waals surface area contributed by atoms with Crippen LogP contribution in [0, 0.1) is 0 Å². The molecule has 116 valence electrons. The molecule has 9 heteroatoms. The Kier molecular flexibility index (Phi) is 7.87. The van der Waals surface area contributed by atoms with Crippen LogP contribution >= 0.6 is 0 Å². The van der Waals surface area contributed by atoms with Gasteiger partial charge in [-0.3, -0.25) is 0 Å². The predicted molar refractivity (Wildman–Crippen MR) is 66.3 cm³/mol. The third-order valence-corrected chi connectivity index (χ3v) is 4.13. The highest BCUT2D eigenvalue weighted by molar-refractivity contribution is 7.89. The van der Waals surface area contributed by atoms with Crippen molar-refractivity contribution in [2.24, 2.45) is 0 Å². The molecule has 0 aliphatic carbocycles. The number of nitrogens with one attached hydrogen (secondary N) is 1. The first-order chi connectivity index (χ1) is 8.58. The van der Waals surface area contributed by atoms with Crippen LogP contribution in [-0.4, -0.2) is 62.0 Å². The molecule has 0 saturated carbocycles. The van der Waals surface area contributed by atoms with E-state index in [1.807, 2.05) is 13.8 Å². The first kappa shape index (κ1) is 18.6. The Morgan fingerprint density at radius 1 is 1.32 bits per heavy atom. The maximum atomic E-state index is 12.3. The van der Waals surface area contributed by atoms with Gasteiger partial charge in [0, 0.05) is 12.6 Å². The van der Waals surface area contributed by atoms with E-state index in [0.29, 0.717) is 6.54 Å². The Hall–Kier alpha value is -0.380. The molecule has 0 aromatic heterocycles. The average molecular weight is 306 g/mol.